The van der Waals surface area contributed by atoms with E-state index in [-0.39, 0.29) is 0 Å². The maximum absolute atomic E-state index is 5.72. The van der Waals surface area contributed by atoms with Crippen molar-refractivity contribution in [1.29, 1.82) is 0 Å². The lowest BCUT2D eigenvalue weighted by molar-refractivity contribution is 0.300. The van der Waals surface area contributed by atoms with Crippen molar-refractivity contribution >= 4 is 10.9 Å². The number of hydrogen-bond acceptors (Lipinski definition) is 4. The Labute approximate surface area is 123 Å². The third-order valence-electron chi connectivity index (χ3n) is 3.24. The molecule has 3 aromatic rings. The predicted octanol–water partition coefficient (Wildman–Crippen LogP) is 2.71. The Morgan fingerprint density at radius 1 is 0.952 bits per heavy atom. The van der Waals surface area contributed by atoms with Crippen molar-refractivity contribution in [3.8, 4) is 5.75 Å². The average molecular weight is 279 g/mol. The lowest BCUT2D eigenvalue weighted by Crippen LogP contribution is -2.04. The summed E-state index contributed by atoms with van der Waals surface area (Å²) in [5, 5.41) is 1.13. The minimum absolute atomic E-state index is 0.433. The second kappa shape index (κ2) is 6.33. The smallest absolute Gasteiger partial charge is 0.138 e. The molecule has 0 radical (unpaired) electrons. The summed E-state index contributed by atoms with van der Waals surface area (Å²) in [6.45, 7) is 1.04. The highest BCUT2D eigenvalue weighted by atomic mass is 16.5. The monoisotopic (exact) mass is 279 g/mol. The van der Waals surface area contributed by atoms with Crippen LogP contribution in [0.3, 0.4) is 0 Å². The number of rotatable bonds is 5. The molecule has 2 N–H and O–H groups in total. The van der Waals surface area contributed by atoms with Gasteiger partial charge in [-0.1, -0.05) is 24.3 Å². The Balaban J connectivity index is 1.68. The molecule has 21 heavy (non-hydrogen) atoms. The second-order valence-electron chi connectivity index (χ2n) is 4.81. The molecule has 4 nitrogen and oxygen atoms in total. The molecule has 106 valence electrons. The molecule has 0 atom stereocenters. The predicted molar refractivity (Wildman–Crippen MR) is 83.1 cm³/mol. The molecule has 2 heterocycles. The van der Waals surface area contributed by atoms with Crippen molar-refractivity contribution in [3.63, 3.8) is 0 Å². The summed E-state index contributed by atoms with van der Waals surface area (Å²) in [5.74, 6) is 0.741. The summed E-state index contributed by atoms with van der Waals surface area (Å²) in [7, 11) is 0. The lowest BCUT2D eigenvalue weighted by Gasteiger charge is -2.07. The molecule has 0 fully saturated rings. The number of para-hydroxylation sites is 1. The highest BCUT2D eigenvalue weighted by Gasteiger charge is 2.01. The topological polar surface area (TPSA) is 61.0 Å². The number of nitrogens with zero attached hydrogens (tertiary/aromatic N) is 2. The molecule has 0 saturated carbocycles. The van der Waals surface area contributed by atoms with Crippen molar-refractivity contribution < 1.29 is 4.74 Å². The van der Waals surface area contributed by atoms with Gasteiger partial charge in [0.2, 0.25) is 0 Å². The quantitative estimate of drug-likeness (QED) is 0.780. The minimum Gasteiger partial charge on any atom is -0.486 e. The summed E-state index contributed by atoms with van der Waals surface area (Å²) in [4.78, 5) is 8.88. The fourth-order valence-corrected chi connectivity index (χ4v) is 2.14. The number of benzene rings is 1. The van der Waals surface area contributed by atoms with E-state index in [1.54, 1.807) is 6.20 Å². The van der Waals surface area contributed by atoms with E-state index in [0.29, 0.717) is 13.2 Å². The van der Waals surface area contributed by atoms with Gasteiger partial charge in [0.05, 0.1) is 17.4 Å². The molecule has 0 bridgehead atoms. The van der Waals surface area contributed by atoms with Crippen molar-refractivity contribution in [2.75, 3.05) is 6.54 Å². The van der Waals surface area contributed by atoms with E-state index in [1.807, 2.05) is 42.5 Å². The van der Waals surface area contributed by atoms with Crippen molar-refractivity contribution in [2.24, 2.45) is 5.73 Å². The van der Waals surface area contributed by atoms with Crippen LogP contribution in [-0.4, -0.2) is 16.5 Å². The van der Waals surface area contributed by atoms with Gasteiger partial charge in [-0.15, -0.1) is 0 Å². The SMILES string of the molecule is NCCc1ccc(OCc2ccc3ccccc3n2)cn1. The number of ether oxygens (including phenoxy) is 1. The van der Waals surface area contributed by atoms with E-state index >= 15 is 0 Å². The van der Waals surface area contributed by atoms with Gasteiger partial charge in [0.25, 0.3) is 0 Å². The standard InChI is InChI=1S/C17H17N3O/c18-10-9-14-7-8-16(11-19-14)21-12-15-6-5-13-3-1-2-4-17(13)20-15/h1-8,11H,9-10,12,18H2. The van der Waals surface area contributed by atoms with Gasteiger partial charge >= 0.3 is 0 Å². The van der Waals surface area contributed by atoms with Crippen molar-refractivity contribution in [3.05, 3.63) is 66.1 Å². The van der Waals surface area contributed by atoms with E-state index in [1.165, 1.54) is 0 Å². The van der Waals surface area contributed by atoms with Gasteiger partial charge in [0.15, 0.2) is 0 Å². The van der Waals surface area contributed by atoms with Crippen LogP contribution < -0.4 is 10.5 Å². The third kappa shape index (κ3) is 3.35. The number of aromatic nitrogens is 2. The van der Waals surface area contributed by atoms with Gasteiger partial charge in [-0.3, -0.25) is 4.98 Å². The summed E-state index contributed by atoms with van der Waals surface area (Å²) in [6, 6.07) is 15.9. The Kier molecular flexibility index (Phi) is 4.07. The molecule has 0 amide bonds. The summed E-state index contributed by atoms with van der Waals surface area (Å²) in [6.07, 6.45) is 2.51. The number of fused-ring (bicyclic) bond motifs is 1. The fraction of sp³-hybridized carbons (Fsp3) is 0.176. The zero-order valence-electron chi connectivity index (χ0n) is 11.7. The van der Waals surface area contributed by atoms with E-state index in [2.05, 4.69) is 16.0 Å². The Morgan fingerprint density at radius 2 is 1.81 bits per heavy atom. The van der Waals surface area contributed by atoms with Crippen LogP contribution in [0.25, 0.3) is 10.9 Å². The lowest BCUT2D eigenvalue weighted by atomic mass is 10.2. The van der Waals surface area contributed by atoms with Crippen LogP contribution in [0.5, 0.6) is 5.75 Å². The van der Waals surface area contributed by atoms with Crippen molar-refractivity contribution in [2.45, 2.75) is 13.0 Å². The van der Waals surface area contributed by atoms with Gasteiger partial charge in [-0.2, -0.15) is 0 Å². The van der Waals surface area contributed by atoms with Gasteiger partial charge in [0.1, 0.15) is 12.4 Å². The number of hydrogen-bond donors (Lipinski definition) is 1. The van der Waals surface area contributed by atoms with E-state index < -0.39 is 0 Å². The molecule has 0 aliphatic rings. The largest absolute Gasteiger partial charge is 0.486 e. The Hall–Kier alpha value is -2.46. The summed E-state index contributed by atoms with van der Waals surface area (Å²) >= 11 is 0. The minimum atomic E-state index is 0.433. The fourth-order valence-electron chi connectivity index (χ4n) is 2.14. The van der Waals surface area contributed by atoms with Gasteiger partial charge in [0, 0.05) is 17.5 Å². The zero-order chi connectivity index (χ0) is 14.5. The maximum atomic E-state index is 5.72. The van der Waals surface area contributed by atoms with E-state index in [9.17, 15) is 0 Å². The number of nitrogens with two attached hydrogens (primary N) is 1. The molecule has 0 saturated heterocycles. The molecule has 0 spiro atoms. The van der Waals surface area contributed by atoms with E-state index in [4.69, 9.17) is 10.5 Å². The Bertz CT molecular complexity index is 725. The summed E-state index contributed by atoms with van der Waals surface area (Å²) in [5.41, 5.74) is 8.36. The van der Waals surface area contributed by atoms with Crippen LogP contribution in [-0.2, 0) is 13.0 Å². The van der Waals surface area contributed by atoms with Gasteiger partial charge in [-0.05, 0) is 30.8 Å². The molecule has 1 aromatic carbocycles. The third-order valence-corrected chi connectivity index (χ3v) is 3.24. The highest BCUT2D eigenvalue weighted by molar-refractivity contribution is 5.78. The molecule has 0 aliphatic heterocycles. The first-order valence-corrected chi connectivity index (χ1v) is 6.97. The summed E-state index contributed by atoms with van der Waals surface area (Å²) < 4.78 is 5.72. The maximum Gasteiger partial charge on any atom is 0.138 e. The molecule has 0 aliphatic carbocycles. The first-order chi connectivity index (χ1) is 10.3. The molecular formula is C17H17N3O. The van der Waals surface area contributed by atoms with Gasteiger partial charge in [-0.25, -0.2) is 4.98 Å². The number of pyridine rings is 2. The molecule has 2 aromatic heterocycles. The van der Waals surface area contributed by atoms with Crippen LogP contribution in [0.4, 0.5) is 0 Å². The van der Waals surface area contributed by atoms with Crippen LogP contribution in [0.15, 0.2) is 54.7 Å². The van der Waals surface area contributed by atoms with Crippen LogP contribution in [0.1, 0.15) is 11.4 Å². The zero-order valence-corrected chi connectivity index (χ0v) is 11.7. The van der Waals surface area contributed by atoms with Gasteiger partial charge < -0.3 is 10.5 Å². The second-order valence-corrected chi connectivity index (χ2v) is 4.81. The van der Waals surface area contributed by atoms with Crippen LogP contribution >= 0.6 is 0 Å². The van der Waals surface area contributed by atoms with E-state index in [0.717, 1.165) is 34.5 Å². The van der Waals surface area contributed by atoms with Crippen LogP contribution in [0, 0.1) is 0 Å². The Morgan fingerprint density at radius 3 is 2.62 bits per heavy atom. The molecular weight excluding hydrogens is 262 g/mol. The van der Waals surface area contributed by atoms with Crippen LogP contribution in [0.2, 0.25) is 0 Å². The molecule has 3 rings (SSSR count). The molecule has 4 heteroatoms. The highest BCUT2D eigenvalue weighted by Crippen LogP contribution is 2.14. The first-order valence-electron chi connectivity index (χ1n) is 6.97. The first kappa shape index (κ1) is 13.5. The normalized spacial score (nSPS) is 10.7. The van der Waals surface area contributed by atoms with Crippen molar-refractivity contribution in [1.82, 2.24) is 9.97 Å². The average Bonchev–Trinajstić information content (AvgIpc) is 2.54. The molecule has 0 unspecified atom stereocenters.